The molecule has 1 aromatic carbocycles. The summed E-state index contributed by atoms with van der Waals surface area (Å²) in [5, 5.41) is 10.9. The Bertz CT molecular complexity index is 451. The van der Waals surface area contributed by atoms with E-state index in [0.29, 0.717) is 18.7 Å². The zero-order valence-electron chi connectivity index (χ0n) is 11.8. The van der Waals surface area contributed by atoms with Crippen molar-refractivity contribution < 1.29 is 9.53 Å². The van der Waals surface area contributed by atoms with E-state index in [4.69, 9.17) is 15.7 Å². The minimum Gasteiger partial charge on any atom is -0.484 e. The fraction of sp³-hybridized carbons (Fsp3) is 0.467. The predicted molar refractivity (Wildman–Crippen MR) is 77.1 cm³/mol. The maximum absolute atomic E-state index is 11.4. The lowest BCUT2D eigenvalue weighted by Crippen LogP contribution is -2.29. The molecule has 0 saturated carbocycles. The summed E-state index contributed by atoms with van der Waals surface area (Å²) in [6.07, 6.45) is 2.09. The molecule has 3 N–H and O–H groups in total. The van der Waals surface area contributed by atoms with Gasteiger partial charge in [0, 0.05) is 12.6 Å². The number of nitriles is 1. The Labute approximate surface area is 119 Å². The van der Waals surface area contributed by atoms with Gasteiger partial charge in [0.25, 0.3) is 5.91 Å². The molecule has 20 heavy (non-hydrogen) atoms. The summed E-state index contributed by atoms with van der Waals surface area (Å²) in [7, 11) is 0. The first kappa shape index (κ1) is 16.0. The molecule has 1 rings (SSSR count). The highest BCUT2D eigenvalue weighted by Crippen LogP contribution is 2.13. The van der Waals surface area contributed by atoms with Gasteiger partial charge in [-0.1, -0.05) is 19.1 Å². The molecule has 1 aromatic rings. The van der Waals surface area contributed by atoms with Crippen LogP contribution in [-0.2, 0) is 11.2 Å². The van der Waals surface area contributed by atoms with Gasteiger partial charge in [-0.2, -0.15) is 5.26 Å². The molecule has 0 spiro atoms. The fourth-order valence-electron chi connectivity index (χ4n) is 1.63. The summed E-state index contributed by atoms with van der Waals surface area (Å²) in [6.45, 7) is 2.37. The summed E-state index contributed by atoms with van der Waals surface area (Å²) < 4.78 is 5.36. The van der Waals surface area contributed by atoms with Crippen molar-refractivity contribution >= 4 is 5.91 Å². The van der Waals surface area contributed by atoms with Crippen LogP contribution in [0.5, 0.6) is 5.75 Å². The van der Waals surface area contributed by atoms with Crippen LogP contribution >= 0.6 is 0 Å². The number of nitrogens with one attached hydrogen (secondary N) is 1. The second kappa shape index (κ2) is 8.94. The third-order valence-electron chi connectivity index (χ3n) is 2.87. The van der Waals surface area contributed by atoms with Crippen LogP contribution in [0.2, 0.25) is 0 Å². The van der Waals surface area contributed by atoms with Crippen LogP contribution in [0, 0.1) is 11.3 Å². The monoisotopic (exact) mass is 275 g/mol. The first-order valence-corrected chi connectivity index (χ1v) is 6.76. The highest BCUT2D eigenvalue weighted by Gasteiger charge is 2.04. The maximum Gasteiger partial charge on any atom is 0.257 e. The van der Waals surface area contributed by atoms with Crippen molar-refractivity contribution in [2.45, 2.75) is 32.2 Å². The Morgan fingerprint density at radius 3 is 2.75 bits per heavy atom. The van der Waals surface area contributed by atoms with Crippen molar-refractivity contribution in [1.82, 2.24) is 5.32 Å². The van der Waals surface area contributed by atoms with Gasteiger partial charge in [-0.05, 0) is 30.5 Å². The average Bonchev–Trinajstić information content (AvgIpc) is 2.46. The second-order valence-electron chi connectivity index (χ2n) is 4.56. The first-order valence-electron chi connectivity index (χ1n) is 6.76. The molecule has 5 nitrogen and oxygen atoms in total. The van der Waals surface area contributed by atoms with Crippen molar-refractivity contribution in [3.05, 3.63) is 29.8 Å². The molecular formula is C15H21N3O2. The minimum atomic E-state index is -0.225. The highest BCUT2D eigenvalue weighted by molar-refractivity contribution is 5.77. The van der Waals surface area contributed by atoms with Gasteiger partial charge in [-0.3, -0.25) is 4.79 Å². The van der Waals surface area contributed by atoms with Crippen molar-refractivity contribution in [3.63, 3.8) is 0 Å². The smallest absolute Gasteiger partial charge is 0.257 e. The Morgan fingerprint density at radius 1 is 1.45 bits per heavy atom. The van der Waals surface area contributed by atoms with E-state index in [9.17, 15) is 4.79 Å². The summed E-state index contributed by atoms with van der Waals surface area (Å²) in [6, 6.07) is 9.71. The van der Waals surface area contributed by atoms with Gasteiger partial charge in [0.1, 0.15) is 5.75 Å². The van der Waals surface area contributed by atoms with E-state index < -0.39 is 0 Å². The Morgan fingerprint density at radius 2 is 2.15 bits per heavy atom. The lowest BCUT2D eigenvalue weighted by atomic mass is 10.0. The molecule has 5 heteroatoms. The molecule has 1 atom stereocenters. The molecule has 0 aromatic heterocycles. The van der Waals surface area contributed by atoms with Crippen LogP contribution in [-0.4, -0.2) is 25.1 Å². The van der Waals surface area contributed by atoms with Crippen LogP contribution in [0.15, 0.2) is 24.3 Å². The number of hydrogen-bond donors (Lipinski definition) is 2. The Hall–Kier alpha value is -2.06. The fourth-order valence-corrected chi connectivity index (χ4v) is 1.63. The number of carbonyl (C=O) groups excluding carboxylic acids is 1. The van der Waals surface area contributed by atoms with Crippen LogP contribution in [0.4, 0.5) is 0 Å². The van der Waals surface area contributed by atoms with Gasteiger partial charge < -0.3 is 15.8 Å². The van der Waals surface area contributed by atoms with Crippen LogP contribution in [0.25, 0.3) is 0 Å². The highest BCUT2D eigenvalue weighted by atomic mass is 16.5. The van der Waals surface area contributed by atoms with Gasteiger partial charge in [0.05, 0.1) is 12.5 Å². The number of rotatable bonds is 8. The standard InChI is InChI=1S/C15H21N3O2/c1-2-13(17)10-12-4-6-14(7-5-12)20-11-15(19)18-9-3-8-16/h4-7,13H,2-3,9-11,17H2,1H3,(H,18,19). The van der Waals surface area contributed by atoms with Gasteiger partial charge >= 0.3 is 0 Å². The van der Waals surface area contributed by atoms with Crippen molar-refractivity contribution in [2.75, 3.05) is 13.2 Å². The van der Waals surface area contributed by atoms with Gasteiger partial charge in [0.2, 0.25) is 0 Å². The average molecular weight is 275 g/mol. The summed E-state index contributed by atoms with van der Waals surface area (Å²) in [5.74, 6) is 0.423. The van der Waals surface area contributed by atoms with Gasteiger partial charge in [-0.25, -0.2) is 0 Å². The molecule has 108 valence electrons. The number of hydrogen-bond acceptors (Lipinski definition) is 4. The van der Waals surface area contributed by atoms with Crippen LogP contribution < -0.4 is 15.8 Å². The summed E-state index contributed by atoms with van der Waals surface area (Å²) >= 11 is 0. The Kier molecular flexibility index (Phi) is 7.15. The van der Waals surface area contributed by atoms with Crippen molar-refractivity contribution in [3.8, 4) is 11.8 Å². The van der Waals surface area contributed by atoms with Gasteiger partial charge in [0.15, 0.2) is 6.61 Å². The Balaban J connectivity index is 2.34. The molecule has 0 aliphatic heterocycles. The quantitative estimate of drug-likeness (QED) is 0.701. The number of nitrogens with zero attached hydrogens (tertiary/aromatic N) is 1. The zero-order valence-corrected chi connectivity index (χ0v) is 11.8. The van der Waals surface area contributed by atoms with E-state index in [0.717, 1.165) is 18.4 Å². The van der Waals surface area contributed by atoms with E-state index in [2.05, 4.69) is 12.2 Å². The van der Waals surface area contributed by atoms with Crippen molar-refractivity contribution in [2.24, 2.45) is 5.73 Å². The van der Waals surface area contributed by atoms with Gasteiger partial charge in [-0.15, -0.1) is 0 Å². The maximum atomic E-state index is 11.4. The lowest BCUT2D eigenvalue weighted by molar-refractivity contribution is -0.123. The SMILES string of the molecule is CCC(N)Cc1ccc(OCC(=O)NCCC#N)cc1. The van der Waals surface area contributed by atoms with Crippen molar-refractivity contribution in [1.29, 1.82) is 5.26 Å². The molecular weight excluding hydrogens is 254 g/mol. The largest absolute Gasteiger partial charge is 0.484 e. The molecule has 0 fully saturated rings. The summed E-state index contributed by atoms with van der Waals surface area (Å²) in [4.78, 5) is 11.4. The molecule has 1 unspecified atom stereocenters. The third-order valence-corrected chi connectivity index (χ3v) is 2.87. The van der Waals surface area contributed by atoms with E-state index in [1.807, 2.05) is 30.3 Å². The second-order valence-corrected chi connectivity index (χ2v) is 4.56. The van der Waals surface area contributed by atoms with E-state index in [-0.39, 0.29) is 18.6 Å². The van der Waals surface area contributed by atoms with Crippen LogP contribution in [0.1, 0.15) is 25.3 Å². The van der Waals surface area contributed by atoms with Crippen LogP contribution in [0.3, 0.4) is 0 Å². The van der Waals surface area contributed by atoms with E-state index in [1.54, 1.807) is 0 Å². The molecule has 0 radical (unpaired) electrons. The molecule has 0 aliphatic carbocycles. The minimum absolute atomic E-state index is 0.0424. The number of amides is 1. The molecule has 0 aliphatic rings. The number of nitrogens with two attached hydrogens (primary N) is 1. The number of ether oxygens (including phenoxy) is 1. The topological polar surface area (TPSA) is 88.1 Å². The molecule has 1 amide bonds. The molecule has 0 heterocycles. The molecule has 0 bridgehead atoms. The van der Waals surface area contributed by atoms with E-state index >= 15 is 0 Å². The number of carbonyl (C=O) groups is 1. The number of benzene rings is 1. The normalized spacial score (nSPS) is 11.4. The summed E-state index contributed by atoms with van der Waals surface area (Å²) in [5.41, 5.74) is 7.05. The third kappa shape index (κ3) is 6.21. The van der Waals surface area contributed by atoms with E-state index in [1.165, 1.54) is 0 Å². The molecule has 0 saturated heterocycles. The lowest BCUT2D eigenvalue weighted by Gasteiger charge is -2.10. The zero-order chi connectivity index (χ0) is 14.8. The predicted octanol–water partition coefficient (Wildman–Crippen LogP) is 1.38. The first-order chi connectivity index (χ1) is 9.65.